The smallest absolute Gasteiger partial charge is 0.374 e. The number of carbonyl (C=O) groups excluding carboxylic acids is 1. The lowest BCUT2D eigenvalue weighted by atomic mass is 10.1. The highest BCUT2D eigenvalue weighted by Crippen LogP contribution is 2.29. The monoisotopic (exact) mass is 573 g/mol. The lowest BCUT2D eigenvalue weighted by Crippen LogP contribution is -2.39. The normalized spacial score (nSPS) is 14.3. The summed E-state index contributed by atoms with van der Waals surface area (Å²) in [4.78, 5) is 14.5. The molecule has 0 unspecified atom stereocenters. The van der Waals surface area contributed by atoms with E-state index in [1.54, 1.807) is 12.3 Å². The number of piperidine rings is 1. The summed E-state index contributed by atoms with van der Waals surface area (Å²) in [6.45, 7) is 1.86. The predicted octanol–water partition coefficient (Wildman–Crippen LogP) is 3.22. The lowest BCUT2D eigenvalue weighted by Gasteiger charge is -2.32. The van der Waals surface area contributed by atoms with Crippen molar-refractivity contribution in [2.24, 2.45) is 0 Å². The molecule has 0 aliphatic carbocycles. The number of aryl methyl sites for hydroxylation is 1. The van der Waals surface area contributed by atoms with Crippen LogP contribution in [0.4, 0.5) is 35.1 Å². The van der Waals surface area contributed by atoms with Crippen LogP contribution in [0.3, 0.4) is 0 Å². The van der Waals surface area contributed by atoms with Crippen molar-refractivity contribution in [2.45, 2.75) is 44.4 Å². The summed E-state index contributed by atoms with van der Waals surface area (Å²) in [5, 5.41) is 31.5. The van der Waals surface area contributed by atoms with Gasteiger partial charge in [-0.2, -0.15) is 13.2 Å². The van der Waals surface area contributed by atoms with Gasteiger partial charge < -0.3 is 21.3 Å². The van der Waals surface area contributed by atoms with Crippen molar-refractivity contribution in [1.29, 1.82) is 0 Å². The molecule has 1 amide bonds. The van der Waals surface area contributed by atoms with Gasteiger partial charge in [0, 0.05) is 38.2 Å². The number of hydrogen-bond donors (Lipinski definition) is 3. The molecule has 0 saturated carbocycles. The molecular formula is C24H26F3N11OS. The first-order valence-electron chi connectivity index (χ1n) is 12.5. The highest BCUT2D eigenvalue weighted by molar-refractivity contribution is 7.18. The third-order valence-electron chi connectivity index (χ3n) is 6.33. The van der Waals surface area contributed by atoms with Gasteiger partial charge in [-0.05, 0) is 42.7 Å². The van der Waals surface area contributed by atoms with E-state index in [0.717, 1.165) is 49.0 Å². The SMILES string of the molecule is Nc1nnc(NC2CCN(c3ccc(NC(=O)CCc4cn(Cc5ccc(C(F)(F)F)cc5)nn4)nn3)CC2)s1. The van der Waals surface area contributed by atoms with E-state index in [1.807, 2.05) is 6.07 Å². The van der Waals surface area contributed by atoms with Crippen molar-refractivity contribution in [2.75, 3.05) is 34.4 Å². The number of alkyl halides is 3. The highest BCUT2D eigenvalue weighted by atomic mass is 32.1. The molecule has 12 nitrogen and oxygen atoms in total. The largest absolute Gasteiger partial charge is 0.416 e. The number of nitrogens with one attached hydrogen (secondary N) is 2. The zero-order valence-electron chi connectivity index (χ0n) is 21.2. The van der Waals surface area contributed by atoms with E-state index in [1.165, 1.54) is 28.2 Å². The maximum absolute atomic E-state index is 12.7. The molecule has 1 aliphatic rings. The van der Waals surface area contributed by atoms with E-state index < -0.39 is 11.7 Å². The van der Waals surface area contributed by atoms with Gasteiger partial charge in [-0.3, -0.25) is 4.79 Å². The summed E-state index contributed by atoms with van der Waals surface area (Å²) in [5.74, 6) is 0.843. The van der Waals surface area contributed by atoms with Crippen LogP contribution in [0.1, 0.15) is 36.1 Å². The average molecular weight is 574 g/mol. The van der Waals surface area contributed by atoms with E-state index in [4.69, 9.17) is 5.73 Å². The Bertz CT molecular complexity index is 1420. The quantitative estimate of drug-likeness (QED) is 0.272. The molecule has 0 spiro atoms. The van der Waals surface area contributed by atoms with Crippen LogP contribution >= 0.6 is 11.3 Å². The second kappa shape index (κ2) is 11.8. The van der Waals surface area contributed by atoms with Gasteiger partial charge in [-0.25, -0.2) is 4.68 Å². The minimum absolute atomic E-state index is 0.156. The first-order chi connectivity index (χ1) is 19.2. The Hall–Kier alpha value is -4.34. The molecule has 1 saturated heterocycles. The molecule has 3 aromatic heterocycles. The number of nitrogen functional groups attached to an aromatic ring is 1. The van der Waals surface area contributed by atoms with Gasteiger partial charge in [-0.1, -0.05) is 28.7 Å². The van der Waals surface area contributed by atoms with Crippen LogP contribution in [0.15, 0.2) is 42.6 Å². The van der Waals surface area contributed by atoms with Gasteiger partial charge in [0.1, 0.15) is 0 Å². The predicted molar refractivity (Wildman–Crippen MR) is 143 cm³/mol. The number of halogens is 3. The number of rotatable bonds is 9. The molecule has 5 rings (SSSR count). The Morgan fingerprint density at radius 1 is 1.02 bits per heavy atom. The first kappa shape index (κ1) is 27.2. The van der Waals surface area contributed by atoms with E-state index in [2.05, 4.69) is 46.2 Å². The molecule has 0 bridgehead atoms. The molecular weight excluding hydrogens is 547 g/mol. The van der Waals surface area contributed by atoms with Crippen molar-refractivity contribution in [3.63, 3.8) is 0 Å². The summed E-state index contributed by atoms with van der Waals surface area (Å²) < 4.78 is 39.7. The molecule has 40 heavy (non-hydrogen) atoms. The van der Waals surface area contributed by atoms with Crippen molar-refractivity contribution >= 4 is 39.1 Å². The summed E-state index contributed by atoms with van der Waals surface area (Å²) in [7, 11) is 0. The number of nitrogens with two attached hydrogens (primary N) is 1. The fraction of sp³-hybridized carbons (Fsp3) is 0.375. The Morgan fingerprint density at radius 3 is 2.45 bits per heavy atom. The van der Waals surface area contributed by atoms with Crippen molar-refractivity contribution in [3.05, 3.63) is 59.4 Å². The number of carbonyl (C=O) groups is 1. The van der Waals surface area contributed by atoms with Crippen molar-refractivity contribution < 1.29 is 18.0 Å². The fourth-order valence-corrected chi connectivity index (χ4v) is 4.83. The van der Waals surface area contributed by atoms with Crippen LogP contribution in [0.2, 0.25) is 0 Å². The van der Waals surface area contributed by atoms with Gasteiger partial charge in [0.2, 0.25) is 16.2 Å². The van der Waals surface area contributed by atoms with E-state index in [-0.39, 0.29) is 24.9 Å². The first-order valence-corrected chi connectivity index (χ1v) is 13.3. The van der Waals surface area contributed by atoms with Gasteiger partial charge >= 0.3 is 6.18 Å². The fourth-order valence-electron chi connectivity index (χ4n) is 4.24. The molecule has 4 N–H and O–H groups in total. The maximum Gasteiger partial charge on any atom is 0.416 e. The number of anilines is 4. The molecule has 1 fully saturated rings. The molecule has 1 aliphatic heterocycles. The van der Waals surface area contributed by atoms with Crippen LogP contribution in [-0.4, -0.2) is 60.4 Å². The minimum atomic E-state index is -4.38. The zero-order chi connectivity index (χ0) is 28.1. The van der Waals surface area contributed by atoms with Crippen LogP contribution < -0.4 is 21.3 Å². The van der Waals surface area contributed by atoms with E-state index >= 15 is 0 Å². The molecule has 1 aromatic carbocycles. The highest BCUT2D eigenvalue weighted by Gasteiger charge is 2.30. The Kier molecular flexibility index (Phi) is 8.04. The molecule has 16 heteroatoms. The summed E-state index contributed by atoms with van der Waals surface area (Å²) >= 11 is 1.33. The lowest BCUT2D eigenvalue weighted by molar-refractivity contribution is -0.137. The number of nitrogens with zero attached hydrogens (tertiary/aromatic N) is 8. The Balaban J connectivity index is 1.04. The summed E-state index contributed by atoms with van der Waals surface area (Å²) in [6, 6.07) is 8.70. The van der Waals surface area contributed by atoms with Gasteiger partial charge in [0.05, 0.1) is 17.8 Å². The zero-order valence-corrected chi connectivity index (χ0v) is 22.0. The topological polar surface area (TPSA) is 153 Å². The van der Waals surface area contributed by atoms with Crippen LogP contribution in [0.5, 0.6) is 0 Å². The van der Waals surface area contributed by atoms with Crippen LogP contribution in [-0.2, 0) is 23.9 Å². The molecule has 4 aromatic rings. The maximum atomic E-state index is 12.7. The van der Waals surface area contributed by atoms with Gasteiger partial charge in [-0.15, -0.1) is 25.5 Å². The third-order valence-corrected chi connectivity index (χ3v) is 7.01. The molecule has 0 atom stereocenters. The second-order valence-electron chi connectivity index (χ2n) is 9.28. The van der Waals surface area contributed by atoms with Crippen LogP contribution in [0, 0.1) is 0 Å². The Labute approximate surface area is 230 Å². The molecule has 0 radical (unpaired) electrons. The summed E-state index contributed by atoms with van der Waals surface area (Å²) in [6.07, 6.45) is -0.412. The number of benzene rings is 1. The van der Waals surface area contributed by atoms with Crippen molar-refractivity contribution in [3.8, 4) is 0 Å². The van der Waals surface area contributed by atoms with Gasteiger partial charge in [0.15, 0.2) is 11.6 Å². The number of amides is 1. The second-order valence-corrected chi connectivity index (χ2v) is 10.3. The standard InChI is InChI=1S/C24H26F3N11OS/c25-24(26,27)16-3-1-15(2-4-16)13-38-14-18(31-36-38)5-8-21(39)30-19-6-7-20(33-32-19)37-11-9-17(10-12-37)29-23-35-34-22(28)40-23/h1-4,6-7,14,17H,5,8-13H2,(H2,28,34)(H,29,35)(H,30,32,39). The summed E-state index contributed by atoms with van der Waals surface area (Å²) in [5.41, 5.74) is 6.18. The Morgan fingerprint density at radius 2 is 1.80 bits per heavy atom. The number of hydrogen-bond acceptors (Lipinski definition) is 11. The van der Waals surface area contributed by atoms with Gasteiger partial charge in [0.25, 0.3) is 0 Å². The number of aromatic nitrogens is 7. The molecule has 4 heterocycles. The van der Waals surface area contributed by atoms with Crippen molar-refractivity contribution in [1.82, 2.24) is 35.4 Å². The van der Waals surface area contributed by atoms with Crippen LogP contribution in [0.25, 0.3) is 0 Å². The minimum Gasteiger partial charge on any atom is -0.374 e. The average Bonchev–Trinajstić information content (AvgIpc) is 3.56. The van der Waals surface area contributed by atoms with E-state index in [9.17, 15) is 18.0 Å². The van der Waals surface area contributed by atoms with E-state index in [0.29, 0.717) is 28.6 Å². The third kappa shape index (κ3) is 7.19. The molecule has 210 valence electrons.